The minimum atomic E-state index is -0.406. The zero-order valence-corrected chi connectivity index (χ0v) is 13.9. The number of aryl methyl sites for hydroxylation is 1. The highest BCUT2D eigenvalue weighted by Gasteiger charge is 2.09. The largest absolute Gasteiger partial charge is 0.493 e. The number of hydrogen-bond donors (Lipinski definition) is 1. The monoisotopic (exact) mass is 327 g/mol. The van der Waals surface area contributed by atoms with Gasteiger partial charge in [-0.1, -0.05) is 24.3 Å². The van der Waals surface area contributed by atoms with Crippen molar-refractivity contribution < 1.29 is 19.1 Å². The molecule has 0 atom stereocenters. The fraction of sp³-hybridized carbons (Fsp3) is 0.263. The number of carbonyl (C=O) groups is 2. The van der Waals surface area contributed by atoms with E-state index in [1.54, 1.807) is 31.2 Å². The van der Waals surface area contributed by atoms with Crippen LogP contribution < -0.4 is 10.1 Å². The molecule has 1 N–H and O–H groups in total. The molecule has 5 heteroatoms. The number of ether oxygens (including phenoxy) is 2. The summed E-state index contributed by atoms with van der Waals surface area (Å²) in [5.74, 6) is 0.190. The van der Waals surface area contributed by atoms with Crippen LogP contribution in [0.3, 0.4) is 0 Å². The first kappa shape index (κ1) is 17.5. The summed E-state index contributed by atoms with van der Waals surface area (Å²) in [6.45, 7) is 4.30. The van der Waals surface area contributed by atoms with Gasteiger partial charge >= 0.3 is 5.97 Å². The van der Waals surface area contributed by atoms with Gasteiger partial charge in [-0.2, -0.15) is 0 Å². The Morgan fingerprint density at radius 3 is 2.62 bits per heavy atom. The Hall–Kier alpha value is -2.82. The molecule has 0 aromatic heterocycles. The van der Waals surface area contributed by atoms with Gasteiger partial charge in [0.15, 0.2) is 0 Å². The van der Waals surface area contributed by atoms with Gasteiger partial charge in [0.2, 0.25) is 5.91 Å². The Labute approximate surface area is 141 Å². The lowest BCUT2D eigenvalue weighted by Crippen LogP contribution is -2.16. The first-order chi connectivity index (χ1) is 11.6. The molecule has 0 saturated carbocycles. The van der Waals surface area contributed by atoms with Crippen molar-refractivity contribution in [3.63, 3.8) is 0 Å². The highest BCUT2D eigenvalue weighted by molar-refractivity contribution is 5.94. The van der Waals surface area contributed by atoms with E-state index in [4.69, 9.17) is 9.47 Å². The molecule has 0 fully saturated rings. The molecule has 0 heterocycles. The summed E-state index contributed by atoms with van der Waals surface area (Å²) in [7, 11) is 0. The van der Waals surface area contributed by atoms with E-state index < -0.39 is 5.97 Å². The number of hydrogen-bond acceptors (Lipinski definition) is 4. The van der Waals surface area contributed by atoms with E-state index in [1.165, 1.54) is 0 Å². The Morgan fingerprint density at radius 1 is 1.08 bits per heavy atom. The molecule has 5 nitrogen and oxygen atoms in total. The predicted molar refractivity (Wildman–Crippen MR) is 92.3 cm³/mol. The van der Waals surface area contributed by atoms with E-state index in [0.717, 1.165) is 11.3 Å². The number of amides is 1. The van der Waals surface area contributed by atoms with Crippen LogP contribution in [0.15, 0.2) is 48.5 Å². The van der Waals surface area contributed by atoms with Crippen molar-refractivity contribution in [1.29, 1.82) is 0 Å². The molecule has 2 aromatic carbocycles. The van der Waals surface area contributed by atoms with Crippen LogP contribution in [0, 0.1) is 6.92 Å². The second-order valence-electron chi connectivity index (χ2n) is 5.21. The molecular formula is C19H21NO4. The highest BCUT2D eigenvalue weighted by Crippen LogP contribution is 2.16. The molecule has 0 radical (unpaired) electrons. The third-order valence-corrected chi connectivity index (χ3v) is 3.34. The molecule has 0 bridgehead atoms. The molecule has 2 aromatic rings. The fourth-order valence-electron chi connectivity index (χ4n) is 2.13. The van der Waals surface area contributed by atoms with Crippen molar-refractivity contribution in [3.8, 4) is 5.75 Å². The highest BCUT2D eigenvalue weighted by atomic mass is 16.5. The summed E-state index contributed by atoms with van der Waals surface area (Å²) in [4.78, 5) is 23.7. The first-order valence-corrected chi connectivity index (χ1v) is 7.85. The van der Waals surface area contributed by atoms with Gasteiger partial charge < -0.3 is 14.8 Å². The van der Waals surface area contributed by atoms with Gasteiger partial charge in [0, 0.05) is 5.69 Å². The minimum absolute atomic E-state index is 0.176. The molecule has 0 aliphatic carbocycles. The quantitative estimate of drug-likeness (QED) is 0.790. The molecule has 0 unspecified atom stereocenters. The van der Waals surface area contributed by atoms with E-state index in [2.05, 4.69) is 5.32 Å². The molecule has 0 aliphatic heterocycles. The Bertz CT molecular complexity index is 712. The normalized spacial score (nSPS) is 10.1. The molecule has 0 saturated heterocycles. The van der Waals surface area contributed by atoms with Crippen molar-refractivity contribution in [2.45, 2.75) is 20.3 Å². The van der Waals surface area contributed by atoms with Crippen LogP contribution in [0.25, 0.3) is 0 Å². The molecular weight excluding hydrogens is 306 g/mol. The zero-order chi connectivity index (χ0) is 17.4. The van der Waals surface area contributed by atoms with Gasteiger partial charge in [0.1, 0.15) is 5.75 Å². The van der Waals surface area contributed by atoms with Crippen LogP contribution >= 0.6 is 0 Å². The molecule has 2 rings (SSSR count). The van der Waals surface area contributed by atoms with Crippen LogP contribution in [-0.2, 0) is 9.53 Å². The lowest BCUT2D eigenvalue weighted by molar-refractivity contribution is -0.116. The maximum absolute atomic E-state index is 12.0. The standard InChI is InChI=1S/C19H21NO4/c1-3-23-19(22)15-8-6-9-16(13-15)20-18(21)11-12-24-17-10-5-4-7-14(17)2/h4-10,13H,3,11-12H2,1-2H3,(H,20,21). The lowest BCUT2D eigenvalue weighted by Gasteiger charge is -2.10. The number of nitrogens with one attached hydrogen (secondary N) is 1. The Balaban J connectivity index is 1.85. The molecule has 24 heavy (non-hydrogen) atoms. The molecule has 0 spiro atoms. The molecule has 0 aliphatic rings. The first-order valence-electron chi connectivity index (χ1n) is 7.85. The van der Waals surface area contributed by atoms with Crippen molar-refractivity contribution in [2.24, 2.45) is 0 Å². The van der Waals surface area contributed by atoms with Gasteiger partial charge in [0.05, 0.1) is 25.2 Å². The van der Waals surface area contributed by atoms with Crippen LogP contribution in [0.5, 0.6) is 5.75 Å². The summed E-state index contributed by atoms with van der Waals surface area (Å²) in [5.41, 5.74) is 1.99. The predicted octanol–water partition coefficient (Wildman–Crippen LogP) is 3.58. The van der Waals surface area contributed by atoms with Gasteiger partial charge in [-0.05, 0) is 43.7 Å². The molecule has 1 amide bonds. The average molecular weight is 327 g/mol. The van der Waals surface area contributed by atoms with E-state index in [1.807, 2.05) is 31.2 Å². The average Bonchev–Trinajstić information content (AvgIpc) is 2.57. The number of rotatable bonds is 7. The topological polar surface area (TPSA) is 64.6 Å². The maximum Gasteiger partial charge on any atom is 0.338 e. The van der Waals surface area contributed by atoms with Gasteiger partial charge in [0.25, 0.3) is 0 Å². The van der Waals surface area contributed by atoms with Crippen molar-refractivity contribution >= 4 is 17.6 Å². The lowest BCUT2D eigenvalue weighted by atomic mass is 10.2. The summed E-state index contributed by atoms with van der Waals surface area (Å²) in [6, 6.07) is 14.3. The van der Waals surface area contributed by atoms with Crippen LogP contribution in [0.4, 0.5) is 5.69 Å². The van der Waals surface area contributed by atoms with Crippen LogP contribution in [0.1, 0.15) is 29.3 Å². The van der Waals surface area contributed by atoms with E-state index in [9.17, 15) is 9.59 Å². The SMILES string of the molecule is CCOC(=O)c1cccc(NC(=O)CCOc2ccccc2C)c1. The second kappa shape index (κ2) is 8.72. The van der Waals surface area contributed by atoms with Crippen molar-refractivity contribution in [1.82, 2.24) is 0 Å². The Kier molecular flexibility index (Phi) is 6.37. The Morgan fingerprint density at radius 2 is 1.88 bits per heavy atom. The summed E-state index contributed by atoms with van der Waals surface area (Å²) < 4.78 is 10.5. The third-order valence-electron chi connectivity index (χ3n) is 3.34. The van der Waals surface area contributed by atoms with Crippen molar-refractivity contribution in [2.75, 3.05) is 18.5 Å². The van der Waals surface area contributed by atoms with Crippen LogP contribution in [-0.4, -0.2) is 25.1 Å². The van der Waals surface area contributed by atoms with Crippen molar-refractivity contribution in [3.05, 3.63) is 59.7 Å². The van der Waals surface area contributed by atoms with E-state index in [0.29, 0.717) is 17.9 Å². The number of carbonyl (C=O) groups excluding carboxylic acids is 2. The smallest absolute Gasteiger partial charge is 0.338 e. The summed E-state index contributed by atoms with van der Waals surface area (Å²) in [5, 5.41) is 2.75. The van der Waals surface area contributed by atoms with Crippen LogP contribution in [0.2, 0.25) is 0 Å². The minimum Gasteiger partial charge on any atom is -0.493 e. The zero-order valence-electron chi connectivity index (χ0n) is 13.9. The second-order valence-corrected chi connectivity index (χ2v) is 5.21. The summed E-state index contributed by atoms with van der Waals surface area (Å²) in [6.07, 6.45) is 0.220. The van der Waals surface area contributed by atoms with E-state index >= 15 is 0 Å². The number of benzene rings is 2. The third kappa shape index (κ3) is 5.12. The van der Waals surface area contributed by atoms with Gasteiger partial charge in [-0.25, -0.2) is 4.79 Å². The number of para-hydroxylation sites is 1. The number of anilines is 1. The van der Waals surface area contributed by atoms with Gasteiger partial charge in [-0.15, -0.1) is 0 Å². The number of esters is 1. The summed E-state index contributed by atoms with van der Waals surface area (Å²) >= 11 is 0. The molecule has 126 valence electrons. The maximum atomic E-state index is 12.0. The van der Waals surface area contributed by atoms with E-state index in [-0.39, 0.29) is 18.9 Å². The van der Waals surface area contributed by atoms with Gasteiger partial charge in [-0.3, -0.25) is 4.79 Å². The fourth-order valence-corrected chi connectivity index (χ4v) is 2.13.